The van der Waals surface area contributed by atoms with Crippen LogP contribution in [-0.4, -0.2) is 26.1 Å². The monoisotopic (exact) mass is 317 g/mol. The second-order valence-corrected chi connectivity index (χ2v) is 7.42. The van der Waals surface area contributed by atoms with Crippen LogP contribution < -0.4 is 5.32 Å². The number of rotatable bonds is 7. The van der Waals surface area contributed by atoms with Crippen LogP contribution in [0.4, 0.5) is 0 Å². The SMILES string of the molecule is CCCC(C)NC(=O)CS(=O)(=O)Cc1ccc(Cl)cc1. The summed E-state index contributed by atoms with van der Waals surface area (Å²) in [5.74, 6) is -1.08. The fourth-order valence-corrected chi connectivity index (χ4v) is 3.32. The molecule has 1 unspecified atom stereocenters. The first-order valence-corrected chi connectivity index (χ1v) is 8.76. The maximum atomic E-state index is 11.9. The van der Waals surface area contributed by atoms with Gasteiger partial charge in [-0.1, -0.05) is 37.1 Å². The standard InChI is InChI=1S/C14H20ClNO3S/c1-3-4-11(2)16-14(17)10-20(18,19)9-12-5-7-13(15)8-6-12/h5-8,11H,3-4,9-10H2,1-2H3,(H,16,17). The maximum Gasteiger partial charge on any atom is 0.235 e. The third-order valence-corrected chi connectivity index (χ3v) is 4.51. The van der Waals surface area contributed by atoms with Crippen molar-refractivity contribution >= 4 is 27.3 Å². The van der Waals surface area contributed by atoms with E-state index >= 15 is 0 Å². The van der Waals surface area contributed by atoms with Crippen molar-refractivity contribution in [3.63, 3.8) is 0 Å². The first kappa shape index (κ1) is 17.0. The summed E-state index contributed by atoms with van der Waals surface area (Å²) in [6.45, 7) is 3.88. The molecule has 0 aliphatic rings. The highest BCUT2D eigenvalue weighted by molar-refractivity contribution is 7.91. The molecule has 0 radical (unpaired) electrons. The van der Waals surface area contributed by atoms with Gasteiger partial charge in [0.05, 0.1) is 5.75 Å². The summed E-state index contributed by atoms with van der Waals surface area (Å²) in [7, 11) is -3.46. The van der Waals surface area contributed by atoms with E-state index in [-0.39, 0.29) is 11.8 Å². The Morgan fingerprint density at radius 3 is 2.45 bits per heavy atom. The molecule has 0 spiro atoms. The van der Waals surface area contributed by atoms with E-state index in [9.17, 15) is 13.2 Å². The minimum absolute atomic E-state index is 0.00164. The van der Waals surface area contributed by atoms with Crippen LogP contribution >= 0.6 is 11.6 Å². The second-order valence-electron chi connectivity index (χ2n) is 4.92. The molecule has 112 valence electrons. The average Bonchev–Trinajstić information content (AvgIpc) is 2.31. The summed E-state index contributed by atoms with van der Waals surface area (Å²) in [6.07, 6.45) is 1.78. The minimum Gasteiger partial charge on any atom is -0.353 e. The molecular weight excluding hydrogens is 298 g/mol. The highest BCUT2D eigenvalue weighted by Gasteiger charge is 2.18. The molecule has 0 saturated carbocycles. The smallest absolute Gasteiger partial charge is 0.235 e. The Labute approximate surface area is 125 Å². The van der Waals surface area contributed by atoms with Crippen LogP contribution in [0.3, 0.4) is 0 Å². The molecule has 0 fully saturated rings. The van der Waals surface area contributed by atoms with Crippen molar-refractivity contribution in [2.45, 2.75) is 38.5 Å². The number of amides is 1. The third kappa shape index (κ3) is 6.39. The number of benzene rings is 1. The second kappa shape index (κ2) is 7.64. The Morgan fingerprint density at radius 1 is 1.30 bits per heavy atom. The van der Waals surface area contributed by atoms with Crippen LogP contribution in [-0.2, 0) is 20.4 Å². The van der Waals surface area contributed by atoms with Crippen molar-refractivity contribution in [2.75, 3.05) is 5.75 Å². The van der Waals surface area contributed by atoms with Crippen molar-refractivity contribution in [2.24, 2.45) is 0 Å². The molecule has 4 nitrogen and oxygen atoms in total. The summed E-state index contributed by atoms with van der Waals surface area (Å²) < 4.78 is 23.9. The highest BCUT2D eigenvalue weighted by atomic mass is 35.5. The fourth-order valence-electron chi connectivity index (χ4n) is 1.91. The molecule has 0 aromatic heterocycles. The molecular formula is C14H20ClNO3S. The van der Waals surface area contributed by atoms with Gasteiger partial charge in [-0.15, -0.1) is 0 Å². The van der Waals surface area contributed by atoms with E-state index in [1.165, 1.54) is 0 Å². The molecule has 1 amide bonds. The van der Waals surface area contributed by atoms with Crippen LogP contribution in [0.25, 0.3) is 0 Å². The Morgan fingerprint density at radius 2 is 1.90 bits per heavy atom. The van der Waals surface area contributed by atoms with Crippen LogP contribution in [0.5, 0.6) is 0 Å². The van der Waals surface area contributed by atoms with Gasteiger partial charge in [-0.2, -0.15) is 0 Å². The number of sulfone groups is 1. The van der Waals surface area contributed by atoms with Crippen LogP contribution in [0.1, 0.15) is 32.3 Å². The average molecular weight is 318 g/mol. The van der Waals surface area contributed by atoms with E-state index in [1.807, 2.05) is 13.8 Å². The van der Waals surface area contributed by atoms with Gasteiger partial charge in [-0.25, -0.2) is 8.42 Å². The van der Waals surface area contributed by atoms with Gasteiger partial charge >= 0.3 is 0 Å². The number of nitrogens with one attached hydrogen (secondary N) is 1. The summed E-state index contributed by atoms with van der Waals surface area (Å²) in [5.41, 5.74) is 0.629. The summed E-state index contributed by atoms with van der Waals surface area (Å²) in [4.78, 5) is 11.7. The lowest BCUT2D eigenvalue weighted by molar-refractivity contribution is -0.119. The molecule has 0 heterocycles. The topological polar surface area (TPSA) is 63.2 Å². The van der Waals surface area contributed by atoms with E-state index in [4.69, 9.17) is 11.6 Å². The number of carbonyl (C=O) groups excluding carboxylic acids is 1. The zero-order valence-electron chi connectivity index (χ0n) is 11.7. The number of hydrogen-bond donors (Lipinski definition) is 1. The van der Waals surface area contributed by atoms with Gasteiger partial charge < -0.3 is 5.32 Å². The lowest BCUT2D eigenvalue weighted by Gasteiger charge is -2.12. The van der Waals surface area contributed by atoms with Crippen molar-refractivity contribution in [3.8, 4) is 0 Å². The Kier molecular flexibility index (Phi) is 6.49. The minimum atomic E-state index is -3.46. The molecule has 0 bridgehead atoms. The molecule has 1 aromatic rings. The molecule has 6 heteroatoms. The molecule has 1 rings (SSSR count). The van der Waals surface area contributed by atoms with Crippen LogP contribution in [0.2, 0.25) is 5.02 Å². The lowest BCUT2D eigenvalue weighted by Crippen LogP contribution is -2.37. The summed E-state index contributed by atoms with van der Waals surface area (Å²) in [6, 6.07) is 6.57. The highest BCUT2D eigenvalue weighted by Crippen LogP contribution is 2.12. The van der Waals surface area contributed by atoms with Gasteiger partial charge in [0, 0.05) is 11.1 Å². The van der Waals surface area contributed by atoms with E-state index < -0.39 is 21.5 Å². The van der Waals surface area contributed by atoms with Crippen molar-refractivity contribution in [1.82, 2.24) is 5.32 Å². The maximum absolute atomic E-state index is 11.9. The number of hydrogen-bond acceptors (Lipinski definition) is 3. The van der Waals surface area contributed by atoms with Gasteiger partial charge in [0.2, 0.25) is 5.91 Å². The number of halogens is 1. The molecule has 20 heavy (non-hydrogen) atoms. The van der Waals surface area contributed by atoms with Gasteiger partial charge in [-0.3, -0.25) is 4.79 Å². The van der Waals surface area contributed by atoms with Crippen LogP contribution in [0, 0.1) is 0 Å². The van der Waals surface area contributed by atoms with Gasteiger partial charge in [0.1, 0.15) is 5.75 Å². The zero-order valence-corrected chi connectivity index (χ0v) is 13.3. The zero-order chi connectivity index (χ0) is 15.2. The van der Waals surface area contributed by atoms with E-state index in [1.54, 1.807) is 24.3 Å². The first-order valence-electron chi connectivity index (χ1n) is 6.56. The Hall–Kier alpha value is -1.07. The molecule has 1 atom stereocenters. The third-order valence-electron chi connectivity index (χ3n) is 2.78. The summed E-state index contributed by atoms with van der Waals surface area (Å²) >= 11 is 5.74. The molecule has 0 saturated heterocycles. The quantitative estimate of drug-likeness (QED) is 0.840. The fraction of sp³-hybridized carbons (Fsp3) is 0.500. The molecule has 1 aromatic carbocycles. The molecule has 0 aliphatic carbocycles. The predicted octanol–water partition coefficient (Wildman–Crippen LogP) is 2.56. The van der Waals surface area contributed by atoms with Crippen molar-refractivity contribution < 1.29 is 13.2 Å². The van der Waals surface area contributed by atoms with Crippen LogP contribution in [0.15, 0.2) is 24.3 Å². The normalized spacial score (nSPS) is 12.9. The number of carbonyl (C=O) groups is 1. The van der Waals surface area contributed by atoms with Gasteiger partial charge in [-0.05, 0) is 31.0 Å². The predicted molar refractivity (Wildman–Crippen MR) is 81.5 cm³/mol. The lowest BCUT2D eigenvalue weighted by atomic mass is 10.2. The Balaban J connectivity index is 2.57. The van der Waals surface area contributed by atoms with E-state index in [2.05, 4.69) is 5.32 Å². The van der Waals surface area contributed by atoms with Crippen molar-refractivity contribution in [1.29, 1.82) is 0 Å². The summed E-state index contributed by atoms with van der Waals surface area (Å²) in [5, 5.41) is 3.25. The van der Waals surface area contributed by atoms with Gasteiger partial charge in [0.15, 0.2) is 9.84 Å². The first-order chi connectivity index (χ1) is 9.32. The largest absolute Gasteiger partial charge is 0.353 e. The van der Waals surface area contributed by atoms with E-state index in [0.29, 0.717) is 10.6 Å². The van der Waals surface area contributed by atoms with Crippen molar-refractivity contribution in [3.05, 3.63) is 34.9 Å². The van der Waals surface area contributed by atoms with Gasteiger partial charge in [0.25, 0.3) is 0 Å². The molecule has 1 N–H and O–H groups in total. The Bertz CT molecular complexity index is 540. The molecule has 0 aliphatic heterocycles. The van der Waals surface area contributed by atoms with E-state index in [0.717, 1.165) is 12.8 Å².